The highest BCUT2D eigenvalue weighted by Crippen LogP contribution is 2.20. The van der Waals surface area contributed by atoms with Gasteiger partial charge >= 0.3 is 5.97 Å². The normalized spacial score (nSPS) is 10.7. The van der Waals surface area contributed by atoms with Crippen molar-refractivity contribution < 1.29 is 19.4 Å². The van der Waals surface area contributed by atoms with Crippen LogP contribution in [0.4, 0.5) is 0 Å². The van der Waals surface area contributed by atoms with E-state index in [4.69, 9.17) is 14.6 Å². The monoisotopic (exact) mass is 253 g/mol. The molecule has 0 radical (unpaired) electrons. The lowest BCUT2D eigenvalue weighted by atomic mass is 10.1. The van der Waals surface area contributed by atoms with Crippen LogP contribution in [0.5, 0.6) is 5.75 Å². The van der Waals surface area contributed by atoms with Crippen LogP contribution in [0.1, 0.15) is 15.9 Å². The van der Waals surface area contributed by atoms with E-state index in [2.05, 4.69) is 4.90 Å². The molecule has 0 aliphatic heterocycles. The van der Waals surface area contributed by atoms with Gasteiger partial charge in [0, 0.05) is 20.2 Å². The molecule has 1 aromatic carbocycles. The van der Waals surface area contributed by atoms with Gasteiger partial charge in [0.1, 0.15) is 11.3 Å². The summed E-state index contributed by atoms with van der Waals surface area (Å²) in [5.74, 6) is -0.591. The van der Waals surface area contributed by atoms with E-state index in [1.165, 1.54) is 7.11 Å². The van der Waals surface area contributed by atoms with Crippen LogP contribution in [0.15, 0.2) is 18.2 Å². The topological polar surface area (TPSA) is 59.0 Å². The van der Waals surface area contributed by atoms with Crippen molar-refractivity contribution >= 4 is 5.97 Å². The number of likely N-dealkylation sites (N-methyl/N-ethyl adjacent to an activating group) is 1. The molecule has 1 aromatic rings. The van der Waals surface area contributed by atoms with E-state index in [9.17, 15) is 4.79 Å². The summed E-state index contributed by atoms with van der Waals surface area (Å²) >= 11 is 0. The molecule has 5 heteroatoms. The SMILES string of the molecule is COCCN(C)Cc1ccc(C(=O)O)c(OC)c1. The first kappa shape index (κ1) is 14.5. The van der Waals surface area contributed by atoms with Crippen molar-refractivity contribution in [2.24, 2.45) is 0 Å². The van der Waals surface area contributed by atoms with E-state index in [0.29, 0.717) is 12.4 Å². The summed E-state index contributed by atoms with van der Waals surface area (Å²) in [5, 5.41) is 8.98. The van der Waals surface area contributed by atoms with E-state index < -0.39 is 5.97 Å². The lowest BCUT2D eigenvalue weighted by Gasteiger charge is -2.16. The molecule has 0 aliphatic carbocycles. The highest BCUT2D eigenvalue weighted by Gasteiger charge is 2.11. The molecule has 18 heavy (non-hydrogen) atoms. The fourth-order valence-corrected chi connectivity index (χ4v) is 1.65. The summed E-state index contributed by atoms with van der Waals surface area (Å²) in [6.07, 6.45) is 0. The zero-order chi connectivity index (χ0) is 13.5. The second-order valence-corrected chi connectivity index (χ2v) is 4.07. The molecule has 5 nitrogen and oxygen atoms in total. The molecule has 0 saturated carbocycles. The van der Waals surface area contributed by atoms with Gasteiger partial charge in [0.25, 0.3) is 0 Å². The molecule has 1 rings (SSSR count). The Kier molecular flexibility index (Phi) is 5.61. The molecule has 0 bridgehead atoms. The number of methoxy groups -OCH3 is 2. The number of rotatable bonds is 7. The minimum atomic E-state index is -0.980. The van der Waals surface area contributed by atoms with Crippen LogP contribution in [0.25, 0.3) is 0 Å². The number of carboxylic acids is 1. The van der Waals surface area contributed by atoms with Crippen LogP contribution in [-0.2, 0) is 11.3 Å². The average molecular weight is 253 g/mol. The minimum Gasteiger partial charge on any atom is -0.496 e. The third-order valence-electron chi connectivity index (χ3n) is 2.63. The highest BCUT2D eigenvalue weighted by molar-refractivity contribution is 5.90. The smallest absolute Gasteiger partial charge is 0.339 e. The fraction of sp³-hybridized carbons (Fsp3) is 0.462. The van der Waals surface area contributed by atoms with E-state index in [-0.39, 0.29) is 5.56 Å². The quantitative estimate of drug-likeness (QED) is 0.797. The predicted molar refractivity (Wildman–Crippen MR) is 68.2 cm³/mol. The van der Waals surface area contributed by atoms with Gasteiger partial charge in [-0.25, -0.2) is 4.79 Å². The van der Waals surface area contributed by atoms with Crippen molar-refractivity contribution in [2.75, 3.05) is 34.4 Å². The summed E-state index contributed by atoms with van der Waals surface area (Å²) < 4.78 is 10.1. The molecular formula is C13H19NO4. The fourth-order valence-electron chi connectivity index (χ4n) is 1.65. The number of nitrogens with zero attached hydrogens (tertiary/aromatic N) is 1. The number of ether oxygens (including phenoxy) is 2. The van der Waals surface area contributed by atoms with E-state index in [1.807, 2.05) is 7.05 Å². The second kappa shape index (κ2) is 6.98. The third kappa shape index (κ3) is 4.01. The van der Waals surface area contributed by atoms with Gasteiger partial charge in [0.2, 0.25) is 0 Å². The lowest BCUT2D eigenvalue weighted by Crippen LogP contribution is -2.22. The van der Waals surface area contributed by atoms with Crippen molar-refractivity contribution in [3.05, 3.63) is 29.3 Å². The number of aromatic carboxylic acids is 1. The largest absolute Gasteiger partial charge is 0.496 e. The van der Waals surface area contributed by atoms with Crippen LogP contribution >= 0.6 is 0 Å². The molecule has 0 atom stereocenters. The molecule has 0 aromatic heterocycles. The summed E-state index contributed by atoms with van der Waals surface area (Å²) in [4.78, 5) is 13.0. The molecule has 0 aliphatic rings. The number of hydrogen-bond donors (Lipinski definition) is 1. The maximum Gasteiger partial charge on any atom is 0.339 e. The van der Waals surface area contributed by atoms with Crippen LogP contribution in [0.2, 0.25) is 0 Å². The van der Waals surface area contributed by atoms with Gasteiger partial charge in [-0.05, 0) is 24.7 Å². The summed E-state index contributed by atoms with van der Waals surface area (Å²) in [5.41, 5.74) is 1.19. The van der Waals surface area contributed by atoms with E-state index >= 15 is 0 Å². The molecule has 100 valence electrons. The summed E-state index contributed by atoms with van der Waals surface area (Å²) in [6, 6.07) is 5.13. The zero-order valence-electron chi connectivity index (χ0n) is 11.0. The van der Waals surface area contributed by atoms with Gasteiger partial charge < -0.3 is 14.6 Å². The van der Waals surface area contributed by atoms with Gasteiger partial charge in [-0.1, -0.05) is 6.07 Å². The Labute approximate surface area is 107 Å². The maximum absolute atomic E-state index is 10.9. The van der Waals surface area contributed by atoms with Crippen LogP contribution in [-0.4, -0.2) is 50.4 Å². The molecule has 1 N–H and O–H groups in total. The molecule has 0 heterocycles. The minimum absolute atomic E-state index is 0.181. The number of benzene rings is 1. The van der Waals surface area contributed by atoms with Gasteiger partial charge in [0.15, 0.2) is 0 Å². The lowest BCUT2D eigenvalue weighted by molar-refractivity contribution is 0.0693. The maximum atomic E-state index is 10.9. The van der Waals surface area contributed by atoms with Gasteiger partial charge in [-0.3, -0.25) is 4.90 Å². The Hall–Kier alpha value is -1.59. The van der Waals surface area contributed by atoms with Crippen LogP contribution < -0.4 is 4.74 Å². The molecule has 0 unspecified atom stereocenters. The summed E-state index contributed by atoms with van der Waals surface area (Å²) in [6.45, 7) is 2.21. The van der Waals surface area contributed by atoms with Crippen molar-refractivity contribution in [3.63, 3.8) is 0 Å². The van der Waals surface area contributed by atoms with Crippen molar-refractivity contribution in [1.29, 1.82) is 0 Å². The van der Waals surface area contributed by atoms with Gasteiger partial charge in [-0.15, -0.1) is 0 Å². The second-order valence-electron chi connectivity index (χ2n) is 4.07. The number of carbonyl (C=O) groups is 1. The first-order chi connectivity index (χ1) is 8.58. The van der Waals surface area contributed by atoms with Crippen molar-refractivity contribution in [3.8, 4) is 5.75 Å². The van der Waals surface area contributed by atoms with Crippen molar-refractivity contribution in [2.45, 2.75) is 6.54 Å². The van der Waals surface area contributed by atoms with Crippen LogP contribution in [0.3, 0.4) is 0 Å². The molecule has 0 saturated heterocycles. The van der Waals surface area contributed by atoms with E-state index in [1.54, 1.807) is 25.3 Å². The van der Waals surface area contributed by atoms with Crippen LogP contribution in [0, 0.1) is 0 Å². The first-order valence-electron chi connectivity index (χ1n) is 5.66. The average Bonchev–Trinajstić information content (AvgIpc) is 2.35. The Morgan fingerprint density at radius 3 is 2.67 bits per heavy atom. The molecular weight excluding hydrogens is 234 g/mol. The van der Waals surface area contributed by atoms with Gasteiger partial charge in [-0.2, -0.15) is 0 Å². The Balaban J connectivity index is 2.76. The Morgan fingerprint density at radius 2 is 2.11 bits per heavy atom. The molecule has 0 amide bonds. The Morgan fingerprint density at radius 1 is 1.39 bits per heavy atom. The predicted octanol–water partition coefficient (Wildman–Crippen LogP) is 1.47. The van der Waals surface area contributed by atoms with Crippen molar-refractivity contribution in [1.82, 2.24) is 4.90 Å². The Bertz CT molecular complexity index is 406. The standard InChI is InChI=1S/C13H19NO4/c1-14(6-7-17-2)9-10-4-5-11(13(15)16)12(8-10)18-3/h4-5,8H,6-7,9H2,1-3H3,(H,15,16). The highest BCUT2D eigenvalue weighted by atomic mass is 16.5. The zero-order valence-corrected chi connectivity index (χ0v) is 11.0. The molecule has 0 spiro atoms. The van der Waals surface area contributed by atoms with Gasteiger partial charge in [0.05, 0.1) is 13.7 Å². The number of carboxylic acid groups (broad SMARTS) is 1. The first-order valence-corrected chi connectivity index (χ1v) is 5.66. The third-order valence-corrected chi connectivity index (χ3v) is 2.63. The van der Waals surface area contributed by atoms with E-state index in [0.717, 1.165) is 18.7 Å². The molecule has 0 fully saturated rings. The summed E-state index contributed by atoms with van der Waals surface area (Å²) in [7, 11) is 5.12. The number of hydrogen-bond acceptors (Lipinski definition) is 4.